The molecular weight excluding hydrogens is 412 g/mol. The summed E-state index contributed by atoms with van der Waals surface area (Å²) < 4.78 is 3.65. The first-order valence-corrected chi connectivity index (χ1v) is 10.1. The van der Waals surface area contributed by atoms with Crippen molar-refractivity contribution in [2.45, 2.75) is 32.7 Å². The van der Waals surface area contributed by atoms with Gasteiger partial charge in [0.05, 0.1) is 11.8 Å². The Morgan fingerprint density at radius 2 is 1.81 bits per heavy atom. The quantitative estimate of drug-likeness (QED) is 0.500. The van der Waals surface area contributed by atoms with Crippen LogP contribution >= 0.6 is 0 Å². The molecule has 0 fully saturated rings. The number of aromatic nitrogens is 5. The molecule has 0 atom stereocenters. The van der Waals surface area contributed by atoms with E-state index in [4.69, 9.17) is 0 Å². The van der Waals surface area contributed by atoms with Crippen LogP contribution in [0.2, 0.25) is 0 Å². The standard InChI is InChI=1S/C22H24N6O4/c1-22(2,3)14-9-16(29)25-15-8-12(6-7-13(14)15)24-17(30)10-28-11-23-19-18(28)20(31)27(5)21(32)26(19)4/h6-9,11H,10H2,1-5H3,(H,24,30)(H,25,29). The number of H-pyrrole nitrogens is 1. The van der Waals surface area contributed by atoms with E-state index in [-0.39, 0.29) is 34.6 Å². The molecule has 2 N–H and O–H groups in total. The van der Waals surface area contributed by atoms with Crippen LogP contribution in [0.4, 0.5) is 5.69 Å². The first kappa shape index (κ1) is 21.3. The Labute approximate surface area is 182 Å². The first-order valence-electron chi connectivity index (χ1n) is 10.1. The smallest absolute Gasteiger partial charge is 0.324 e. The van der Waals surface area contributed by atoms with Crippen molar-refractivity contribution in [3.05, 3.63) is 67.3 Å². The zero-order chi connectivity index (χ0) is 23.4. The molecule has 10 nitrogen and oxygen atoms in total. The van der Waals surface area contributed by atoms with E-state index in [1.54, 1.807) is 18.2 Å². The van der Waals surface area contributed by atoms with Crippen molar-refractivity contribution in [1.82, 2.24) is 23.7 Å². The van der Waals surface area contributed by atoms with Gasteiger partial charge in [0, 0.05) is 31.2 Å². The van der Waals surface area contributed by atoms with Crippen LogP contribution in [0.5, 0.6) is 0 Å². The average molecular weight is 436 g/mol. The maximum absolute atomic E-state index is 12.7. The van der Waals surface area contributed by atoms with Crippen LogP contribution in [0.15, 0.2) is 45.0 Å². The predicted molar refractivity (Wildman–Crippen MR) is 122 cm³/mol. The number of anilines is 1. The minimum Gasteiger partial charge on any atom is -0.324 e. The molecule has 0 spiro atoms. The lowest BCUT2D eigenvalue weighted by atomic mass is 9.85. The van der Waals surface area contributed by atoms with Gasteiger partial charge in [-0.25, -0.2) is 9.78 Å². The SMILES string of the molecule is Cn1c(=O)c2c(ncn2CC(=O)Nc2ccc3c(C(C)(C)C)cc(=O)[nH]c3c2)n(C)c1=O. The van der Waals surface area contributed by atoms with Gasteiger partial charge in [-0.05, 0) is 23.1 Å². The van der Waals surface area contributed by atoms with Crippen molar-refractivity contribution in [3.63, 3.8) is 0 Å². The Balaban J connectivity index is 1.66. The van der Waals surface area contributed by atoms with Crippen LogP contribution in [0.1, 0.15) is 26.3 Å². The number of aromatic amines is 1. The Hall–Kier alpha value is -3.95. The van der Waals surface area contributed by atoms with Crippen molar-refractivity contribution >= 4 is 33.7 Å². The predicted octanol–water partition coefficient (Wildman–Crippen LogP) is 1.21. The number of hydrogen-bond donors (Lipinski definition) is 2. The van der Waals surface area contributed by atoms with E-state index < -0.39 is 11.2 Å². The lowest BCUT2D eigenvalue weighted by Crippen LogP contribution is -2.37. The number of fused-ring (bicyclic) bond motifs is 2. The highest BCUT2D eigenvalue weighted by Gasteiger charge is 2.19. The molecule has 1 amide bonds. The zero-order valence-corrected chi connectivity index (χ0v) is 18.5. The summed E-state index contributed by atoms with van der Waals surface area (Å²) in [5, 5.41) is 3.69. The molecule has 32 heavy (non-hydrogen) atoms. The summed E-state index contributed by atoms with van der Waals surface area (Å²) in [6, 6.07) is 6.93. The molecule has 166 valence electrons. The van der Waals surface area contributed by atoms with Crippen molar-refractivity contribution < 1.29 is 4.79 Å². The van der Waals surface area contributed by atoms with E-state index >= 15 is 0 Å². The number of carbonyl (C=O) groups excluding carboxylic acids is 1. The Kier molecular flexibility index (Phi) is 4.87. The van der Waals surface area contributed by atoms with Gasteiger partial charge in [-0.1, -0.05) is 26.8 Å². The normalized spacial score (nSPS) is 11.9. The van der Waals surface area contributed by atoms with Crippen molar-refractivity contribution in [3.8, 4) is 0 Å². The van der Waals surface area contributed by atoms with Gasteiger partial charge in [0.25, 0.3) is 5.56 Å². The van der Waals surface area contributed by atoms with Crippen LogP contribution in [-0.4, -0.2) is 29.6 Å². The highest BCUT2D eigenvalue weighted by atomic mass is 16.2. The number of nitrogens with one attached hydrogen (secondary N) is 2. The molecule has 1 aromatic carbocycles. The van der Waals surface area contributed by atoms with E-state index in [1.807, 2.05) is 26.8 Å². The summed E-state index contributed by atoms with van der Waals surface area (Å²) in [6.45, 7) is 5.94. The number of pyridine rings is 1. The van der Waals surface area contributed by atoms with Crippen LogP contribution in [0, 0.1) is 0 Å². The Bertz CT molecular complexity index is 1560. The number of amides is 1. The molecule has 10 heteroatoms. The number of benzene rings is 1. The molecular formula is C22H24N6O4. The topological polar surface area (TPSA) is 124 Å². The van der Waals surface area contributed by atoms with E-state index in [9.17, 15) is 19.2 Å². The third-order valence-corrected chi connectivity index (χ3v) is 5.47. The van der Waals surface area contributed by atoms with Crippen molar-refractivity contribution in [2.24, 2.45) is 14.1 Å². The average Bonchev–Trinajstić information content (AvgIpc) is 3.12. The van der Waals surface area contributed by atoms with Gasteiger partial charge < -0.3 is 14.9 Å². The number of carbonyl (C=O) groups is 1. The fourth-order valence-corrected chi connectivity index (χ4v) is 3.83. The maximum Gasteiger partial charge on any atom is 0.332 e. The third kappa shape index (κ3) is 3.53. The molecule has 3 aromatic heterocycles. The maximum atomic E-state index is 12.7. The molecule has 4 aromatic rings. The Morgan fingerprint density at radius 1 is 1.09 bits per heavy atom. The largest absolute Gasteiger partial charge is 0.332 e. The zero-order valence-electron chi connectivity index (χ0n) is 18.5. The molecule has 0 aliphatic rings. The molecule has 0 saturated carbocycles. The Morgan fingerprint density at radius 3 is 2.50 bits per heavy atom. The molecule has 4 rings (SSSR count). The first-order chi connectivity index (χ1) is 15.0. The van der Waals surface area contributed by atoms with Gasteiger partial charge >= 0.3 is 5.69 Å². The summed E-state index contributed by atoms with van der Waals surface area (Å²) in [6.07, 6.45) is 1.36. The van der Waals surface area contributed by atoms with Crippen molar-refractivity contribution in [1.29, 1.82) is 0 Å². The second kappa shape index (κ2) is 7.33. The lowest BCUT2D eigenvalue weighted by Gasteiger charge is -2.21. The number of rotatable bonds is 3. The summed E-state index contributed by atoms with van der Waals surface area (Å²) in [4.78, 5) is 56.3. The van der Waals surface area contributed by atoms with Gasteiger partial charge in [0.15, 0.2) is 11.2 Å². The fraction of sp³-hybridized carbons (Fsp3) is 0.318. The summed E-state index contributed by atoms with van der Waals surface area (Å²) in [7, 11) is 2.90. The minimum absolute atomic E-state index is 0.166. The number of imidazole rings is 1. The van der Waals surface area contributed by atoms with Crippen LogP contribution in [0.25, 0.3) is 22.1 Å². The van der Waals surface area contributed by atoms with Gasteiger partial charge in [-0.2, -0.15) is 0 Å². The van der Waals surface area contributed by atoms with Gasteiger partial charge in [-0.15, -0.1) is 0 Å². The van der Waals surface area contributed by atoms with E-state index in [0.29, 0.717) is 11.2 Å². The fourth-order valence-electron chi connectivity index (χ4n) is 3.83. The van der Waals surface area contributed by atoms with Gasteiger partial charge in [0.1, 0.15) is 6.54 Å². The molecule has 0 unspecified atom stereocenters. The second-order valence-corrected chi connectivity index (χ2v) is 8.86. The molecule has 0 bridgehead atoms. The van der Waals surface area contributed by atoms with Crippen LogP contribution in [-0.2, 0) is 30.8 Å². The summed E-state index contributed by atoms with van der Waals surface area (Å²) in [5.41, 5.74) is 0.991. The lowest BCUT2D eigenvalue weighted by molar-refractivity contribution is -0.116. The van der Waals surface area contributed by atoms with Gasteiger partial charge in [-0.3, -0.25) is 23.5 Å². The molecule has 0 aliphatic heterocycles. The van der Waals surface area contributed by atoms with Gasteiger partial charge in [0.2, 0.25) is 11.5 Å². The third-order valence-electron chi connectivity index (χ3n) is 5.47. The summed E-state index contributed by atoms with van der Waals surface area (Å²) in [5.74, 6) is -0.381. The number of hydrogen-bond acceptors (Lipinski definition) is 5. The molecule has 0 radical (unpaired) electrons. The van der Waals surface area contributed by atoms with Crippen LogP contribution in [0.3, 0.4) is 0 Å². The minimum atomic E-state index is -0.522. The van der Waals surface area contributed by atoms with E-state index in [1.165, 1.54) is 29.6 Å². The second-order valence-electron chi connectivity index (χ2n) is 8.86. The van der Waals surface area contributed by atoms with Crippen LogP contribution < -0.4 is 22.1 Å². The van der Waals surface area contributed by atoms with E-state index in [2.05, 4.69) is 15.3 Å². The highest BCUT2D eigenvalue weighted by molar-refractivity contribution is 5.94. The molecule has 0 aliphatic carbocycles. The van der Waals surface area contributed by atoms with Crippen molar-refractivity contribution in [2.75, 3.05) is 5.32 Å². The molecule has 0 saturated heterocycles. The molecule has 3 heterocycles. The monoisotopic (exact) mass is 436 g/mol. The number of nitrogens with zero attached hydrogens (tertiary/aromatic N) is 4. The highest BCUT2D eigenvalue weighted by Crippen LogP contribution is 2.29. The van der Waals surface area contributed by atoms with E-state index in [0.717, 1.165) is 15.5 Å². The summed E-state index contributed by atoms with van der Waals surface area (Å²) >= 11 is 0. The number of aryl methyl sites for hydroxylation is 1.